The highest BCUT2D eigenvalue weighted by Crippen LogP contribution is 2.28. The standard InChI is InChI=1S/C12H16FNO/c1-9-4-3-5-10(13)11(9)14-6-12(2)7-15-8-12/h3-5,14H,6-8H2,1-2H3. The molecule has 1 aliphatic heterocycles. The first-order valence-corrected chi connectivity index (χ1v) is 5.17. The molecule has 0 aliphatic carbocycles. The molecule has 0 bridgehead atoms. The minimum Gasteiger partial charge on any atom is -0.382 e. The number of anilines is 1. The SMILES string of the molecule is Cc1cccc(F)c1NCC1(C)COC1. The number of nitrogens with one attached hydrogen (secondary N) is 1. The average Bonchev–Trinajstić information content (AvgIpc) is 2.14. The molecule has 2 rings (SSSR count). The molecule has 82 valence electrons. The fourth-order valence-electron chi connectivity index (χ4n) is 1.71. The fraction of sp³-hybridized carbons (Fsp3) is 0.500. The first-order valence-electron chi connectivity index (χ1n) is 5.17. The van der Waals surface area contributed by atoms with Crippen LogP contribution in [0.15, 0.2) is 18.2 Å². The molecule has 0 saturated carbocycles. The third-order valence-corrected chi connectivity index (χ3v) is 2.81. The van der Waals surface area contributed by atoms with Crippen LogP contribution >= 0.6 is 0 Å². The normalized spacial score (nSPS) is 18.3. The topological polar surface area (TPSA) is 21.3 Å². The maximum absolute atomic E-state index is 13.5. The van der Waals surface area contributed by atoms with E-state index in [1.54, 1.807) is 6.07 Å². The molecule has 2 nitrogen and oxygen atoms in total. The zero-order valence-corrected chi connectivity index (χ0v) is 9.14. The first-order chi connectivity index (χ1) is 7.11. The van der Waals surface area contributed by atoms with Crippen LogP contribution in [0.2, 0.25) is 0 Å². The van der Waals surface area contributed by atoms with Crippen LogP contribution in [0, 0.1) is 18.2 Å². The predicted octanol–water partition coefficient (Wildman–Crippen LogP) is 2.58. The average molecular weight is 209 g/mol. The molecule has 1 fully saturated rings. The minimum atomic E-state index is -0.182. The van der Waals surface area contributed by atoms with Crippen molar-refractivity contribution in [3.8, 4) is 0 Å². The van der Waals surface area contributed by atoms with Crippen LogP contribution in [0.5, 0.6) is 0 Å². The van der Waals surface area contributed by atoms with E-state index in [1.807, 2.05) is 13.0 Å². The Kier molecular flexibility index (Phi) is 2.65. The lowest BCUT2D eigenvalue weighted by molar-refractivity contribution is -0.0924. The van der Waals surface area contributed by atoms with Crippen LogP contribution in [-0.2, 0) is 4.74 Å². The van der Waals surface area contributed by atoms with Gasteiger partial charge in [-0.2, -0.15) is 0 Å². The molecule has 0 spiro atoms. The van der Waals surface area contributed by atoms with Gasteiger partial charge in [-0.05, 0) is 18.6 Å². The largest absolute Gasteiger partial charge is 0.382 e. The number of para-hydroxylation sites is 1. The summed E-state index contributed by atoms with van der Waals surface area (Å²) in [7, 11) is 0. The van der Waals surface area contributed by atoms with E-state index < -0.39 is 0 Å². The number of ether oxygens (including phenoxy) is 1. The summed E-state index contributed by atoms with van der Waals surface area (Å²) in [5.74, 6) is -0.182. The highest BCUT2D eigenvalue weighted by molar-refractivity contribution is 5.51. The van der Waals surface area contributed by atoms with Gasteiger partial charge in [0.1, 0.15) is 5.82 Å². The van der Waals surface area contributed by atoms with Crippen molar-refractivity contribution in [2.45, 2.75) is 13.8 Å². The second kappa shape index (κ2) is 3.81. The van der Waals surface area contributed by atoms with Crippen molar-refractivity contribution in [2.75, 3.05) is 25.1 Å². The van der Waals surface area contributed by atoms with E-state index in [9.17, 15) is 4.39 Å². The monoisotopic (exact) mass is 209 g/mol. The third kappa shape index (κ3) is 2.12. The van der Waals surface area contributed by atoms with Gasteiger partial charge in [-0.25, -0.2) is 4.39 Å². The molecule has 1 aromatic carbocycles. The van der Waals surface area contributed by atoms with Crippen molar-refractivity contribution < 1.29 is 9.13 Å². The summed E-state index contributed by atoms with van der Waals surface area (Å²) in [4.78, 5) is 0. The first kappa shape index (κ1) is 10.4. The number of hydrogen-bond acceptors (Lipinski definition) is 2. The lowest BCUT2D eigenvalue weighted by Crippen LogP contribution is -2.45. The highest BCUT2D eigenvalue weighted by Gasteiger charge is 2.33. The molecule has 1 aliphatic rings. The molecule has 15 heavy (non-hydrogen) atoms. The number of benzene rings is 1. The summed E-state index contributed by atoms with van der Waals surface area (Å²) in [5.41, 5.74) is 1.72. The van der Waals surface area contributed by atoms with Crippen molar-refractivity contribution in [1.29, 1.82) is 0 Å². The molecule has 1 aromatic rings. The summed E-state index contributed by atoms with van der Waals surface area (Å²) in [6, 6.07) is 5.12. The van der Waals surface area contributed by atoms with Crippen molar-refractivity contribution in [3.05, 3.63) is 29.6 Å². The Morgan fingerprint density at radius 2 is 2.20 bits per heavy atom. The van der Waals surface area contributed by atoms with Gasteiger partial charge in [0.25, 0.3) is 0 Å². The van der Waals surface area contributed by atoms with Crippen molar-refractivity contribution in [1.82, 2.24) is 0 Å². The van der Waals surface area contributed by atoms with Gasteiger partial charge in [0.15, 0.2) is 0 Å². The summed E-state index contributed by atoms with van der Waals surface area (Å²) >= 11 is 0. The molecular weight excluding hydrogens is 193 g/mol. The van der Waals surface area contributed by atoms with E-state index in [-0.39, 0.29) is 11.2 Å². The lowest BCUT2D eigenvalue weighted by Gasteiger charge is -2.38. The van der Waals surface area contributed by atoms with Gasteiger partial charge in [-0.3, -0.25) is 0 Å². The van der Waals surface area contributed by atoms with Gasteiger partial charge in [0.2, 0.25) is 0 Å². The Balaban J connectivity index is 2.04. The molecule has 0 atom stereocenters. The summed E-state index contributed by atoms with van der Waals surface area (Å²) in [6.07, 6.45) is 0. The van der Waals surface area contributed by atoms with Gasteiger partial charge in [-0.15, -0.1) is 0 Å². The molecule has 0 amide bonds. The quantitative estimate of drug-likeness (QED) is 0.826. The molecule has 3 heteroatoms. The Morgan fingerprint density at radius 1 is 1.47 bits per heavy atom. The van der Waals surface area contributed by atoms with E-state index in [1.165, 1.54) is 6.07 Å². The van der Waals surface area contributed by atoms with Crippen LogP contribution in [0.25, 0.3) is 0 Å². The molecular formula is C12H16FNO. The van der Waals surface area contributed by atoms with Crippen molar-refractivity contribution in [2.24, 2.45) is 5.41 Å². The predicted molar refractivity (Wildman–Crippen MR) is 58.6 cm³/mol. The zero-order valence-electron chi connectivity index (χ0n) is 9.14. The number of hydrogen-bond donors (Lipinski definition) is 1. The molecule has 0 aromatic heterocycles. The maximum atomic E-state index is 13.5. The van der Waals surface area contributed by atoms with E-state index in [2.05, 4.69) is 12.2 Å². The van der Waals surface area contributed by atoms with Crippen LogP contribution in [-0.4, -0.2) is 19.8 Å². The van der Waals surface area contributed by atoms with E-state index in [0.717, 1.165) is 25.3 Å². The van der Waals surface area contributed by atoms with E-state index in [0.29, 0.717) is 5.69 Å². The molecule has 1 N–H and O–H groups in total. The third-order valence-electron chi connectivity index (χ3n) is 2.81. The summed E-state index contributed by atoms with van der Waals surface area (Å²) in [6.45, 7) is 6.32. The van der Waals surface area contributed by atoms with Gasteiger partial charge in [0.05, 0.1) is 18.9 Å². The van der Waals surface area contributed by atoms with Gasteiger partial charge in [0, 0.05) is 12.0 Å². The van der Waals surface area contributed by atoms with Gasteiger partial charge in [-0.1, -0.05) is 19.1 Å². The second-order valence-electron chi connectivity index (χ2n) is 4.59. The second-order valence-corrected chi connectivity index (χ2v) is 4.59. The molecule has 0 radical (unpaired) electrons. The smallest absolute Gasteiger partial charge is 0.146 e. The van der Waals surface area contributed by atoms with Crippen molar-refractivity contribution >= 4 is 5.69 Å². The molecule has 1 heterocycles. The summed E-state index contributed by atoms with van der Waals surface area (Å²) in [5, 5.41) is 3.17. The Bertz CT molecular complexity index is 340. The lowest BCUT2D eigenvalue weighted by atomic mass is 9.88. The van der Waals surface area contributed by atoms with Crippen molar-refractivity contribution in [3.63, 3.8) is 0 Å². The Hall–Kier alpha value is -1.09. The van der Waals surface area contributed by atoms with Crippen LogP contribution < -0.4 is 5.32 Å². The fourth-order valence-corrected chi connectivity index (χ4v) is 1.71. The van der Waals surface area contributed by atoms with Crippen LogP contribution in [0.3, 0.4) is 0 Å². The molecule has 0 unspecified atom stereocenters. The van der Waals surface area contributed by atoms with Crippen LogP contribution in [0.4, 0.5) is 10.1 Å². The van der Waals surface area contributed by atoms with E-state index >= 15 is 0 Å². The minimum absolute atomic E-state index is 0.161. The number of aryl methyl sites for hydroxylation is 1. The zero-order chi connectivity index (χ0) is 10.9. The molecule has 1 saturated heterocycles. The highest BCUT2D eigenvalue weighted by atomic mass is 19.1. The number of rotatable bonds is 3. The van der Waals surface area contributed by atoms with E-state index in [4.69, 9.17) is 4.74 Å². The van der Waals surface area contributed by atoms with Gasteiger partial charge >= 0.3 is 0 Å². The summed E-state index contributed by atoms with van der Waals surface area (Å²) < 4.78 is 18.6. The maximum Gasteiger partial charge on any atom is 0.146 e. The van der Waals surface area contributed by atoms with Crippen LogP contribution in [0.1, 0.15) is 12.5 Å². The Morgan fingerprint density at radius 3 is 2.73 bits per heavy atom. The Labute approximate surface area is 89.4 Å². The number of halogens is 1. The van der Waals surface area contributed by atoms with Gasteiger partial charge < -0.3 is 10.1 Å².